The number of ether oxygens (including phenoxy) is 1. The molecule has 0 radical (unpaired) electrons. The third-order valence-electron chi connectivity index (χ3n) is 8.64. The summed E-state index contributed by atoms with van der Waals surface area (Å²) in [6, 6.07) is 20.1. The molecule has 8 heteroatoms. The Bertz CT molecular complexity index is 1710. The summed E-state index contributed by atoms with van der Waals surface area (Å²) in [7, 11) is 0. The van der Waals surface area contributed by atoms with Gasteiger partial charge in [-0.05, 0) is 84.3 Å². The monoisotopic (exact) mass is 594 g/mol. The van der Waals surface area contributed by atoms with E-state index in [1.165, 1.54) is 29.5 Å². The van der Waals surface area contributed by atoms with Crippen LogP contribution in [0.4, 0.5) is 8.78 Å². The van der Waals surface area contributed by atoms with Gasteiger partial charge in [-0.25, -0.2) is 13.8 Å². The van der Waals surface area contributed by atoms with Crippen LogP contribution in [-0.2, 0) is 22.4 Å². The molecule has 2 N–H and O–H groups in total. The molecule has 1 aliphatic heterocycles. The lowest BCUT2D eigenvalue weighted by atomic mass is 9.85. The molecule has 0 aliphatic carbocycles. The highest BCUT2D eigenvalue weighted by molar-refractivity contribution is 5.82. The Morgan fingerprint density at radius 2 is 1.75 bits per heavy atom. The van der Waals surface area contributed by atoms with Gasteiger partial charge >= 0.3 is 0 Å². The Balaban J connectivity index is 1.09. The summed E-state index contributed by atoms with van der Waals surface area (Å²) in [4.78, 5) is 25.6. The molecule has 0 bridgehead atoms. The van der Waals surface area contributed by atoms with E-state index < -0.39 is 5.82 Å². The number of Topliss-reactive ketones (excluding diaryl/α,β-unsaturated/α-hetero) is 1. The van der Waals surface area contributed by atoms with Crippen LogP contribution in [0, 0.1) is 25.5 Å². The first-order chi connectivity index (χ1) is 21.3. The maximum Gasteiger partial charge on any atom is 0.144 e. The van der Waals surface area contributed by atoms with Gasteiger partial charge in [0.05, 0.1) is 36.0 Å². The van der Waals surface area contributed by atoms with Crippen molar-refractivity contribution < 1.29 is 18.3 Å². The molecule has 1 fully saturated rings. The third-order valence-corrected chi connectivity index (χ3v) is 8.64. The highest BCUT2D eigenvalue weighted by atomic mass is 19.1. The second-order valence-electron chi connectivity index (χ2n) is 11.7. The minimum atomic E-state index is -0.414. The minimum absolute atomic E-state index is 0.0357. The van der Waals surface area contributed by atoms with Crippen LogP contribution in [0.15, 0.2) is 79.1 Å². The number of carbonyl (C=O) groups is 1. The lowest BCUT2D eigenvalue weighted by molar-refractivity contribution is -0.118. The fraction of sp³-hybridized carbons (Fsp3) is 0.306. The Morgan fingerprint density at radius 1 is 1.00 bits per heavy atom. The summed E-state index contributed by atoms with van der Waals surface area (Å²) in [6.07, 6.45) is 4.00. The number of imidazole rings is 1. The molecule has 44 heavy (non-hydrogen) atoms. The van der Waals surface area contributed by atoms with Crippen LogP contribution in [0.1, 0.15) is 64.0 Å². The van der Waals surface area contributed by atoms with Crippen molar-refractivity contribution in [3.8, 4) is 0 Å². The minimum Gasteiger partial charge on any atom is -0.375 e. The number of H-pyrrole nitrogens is 1. The first-order valence-corrected chi connectivity index (χ1v) is 15.1. The van der Waals surface area contributed by atoms with E-state index in [0.29, 0.717) is 37.1 Å². The number of pyridine rings is 1. The molecule has 6 nitrogen and oxygen atoms in total. The lowest BCUT2D eigenvalue weighted by Gasteiger charge is -2.29. The molecule has 3 heterocycles. The van der Waals surface area contributed by atoms with Crippen LogP contribution < -0.4 is 5.32 Å². The summed E-state index contributed by atoms with van der Waals surface area (Å²) in [5, 5.41) is 3.53. The van der Waals surface area contributed by atoms with Crippen molar-refractivity contribution in [2.45, 2.75) is 57.6 Å². The van der Waals surface area contributed by atoms with Gasteiger partial charge in [-0.3, -0.25) is 9.78 Å². The van der Waals surface area contributed by atoms with E-state index in [4.69, 9.17) is 9.72 Å². The second kappa shape index (κ2) is 13.2. The van der Waals surface area contributed by atoms with Gasteiger partial charge in [0.2, 0.25) is 0 Å². The molecule has 3 aromatic carbocycles. The number of fused-ring (bicyclic) bond motifs is 1. The number of nitrogens with zero attached hydrogens (tertiary/aromatic N) is 2. The third kappa shape index (κ3) is 6.77. The molecule has 0 amide bonds. The number of halogens is 2. The van der Waals surface area contributed by atoms with Crippen molar-refractivity contribution in [2.24, 2.45) is 0 Å². The van der Waals surface area contributed by atoms with Crippen LogP contribution in [0.2, 0.25) is 0 Å². The fourth-order valence-electron chi connectivity index (χ4n) is 6.00. The predicted molar refractivity (Wildman–Crippen MR) is 167 cm³/mol. The van der Waals surface area contributed by atoms with Crippen molar-refractivity contribution in [1.82, 2.24) is 20.3 Å². The second-order valence-corrected chi connectivity index (χ2v) is 11.7. The maximum atomic E-state index is 15.0. The molecular formula is C36H36F2N4O2. The zero-order valence-corrected chi connectivity index (χ0v) is 24.9. The number of carbonyl (C=O) groups excluding carboxylic acids is 1. The molecule has 0 unspecified atom stereocenters. The fourth-order valence-corrected chi connectivity index (χ4v) is 6.00. The van der Waals surface area contributed by atoms with E-state index in [0.717, 1.165) is 28.0 Å². The number of hydrogen-bond acceptors (Lipinski definition) is 5. The van der Waals surface area contributed by atoms with Crippen molar-refractivity contribution >= 4 is 16.8 Å². The number of ketones is 1. The number of nitrogens with one attached hydrogen (secondary N) is 2. The highest BCUT2D eigenvalue weighted by Crippen LogP contribution is 2.30. The van der Waals surface area contributed by atoms with Gasteiger partial charge in [0.15, 0.2) is 0 Å². The number of aromatic nitrogens is 3. The van der Waals surface area contributed by atoms with Crippen LogP contribution in [0.5, 0.6) is 0 Å². The molecule has 6 rings (SSSR count). The average Bonchev–Trinajstić information content (AvgIpc) is 3.43. The van der Waals surface area contributed by atoms with E-state index in [1.54, 1.807) is 18.3 Å². The van der Waals surface area contributed by atoms with Crippen LogP contribution >= 0.6 is 0 Å². The number of benzene rings is 3. The normalized spacial score (nSPS) is 17.5. The molecule has 2 aromatic heterocycles. The summed E-state index contributed by atoms with van der Waals surface area (Å²) in [6.45, 7) is 5.23. The van der Waals surface area contributed by atoms with Gasteiger partial charge in [0, 0.05) is 31.5 Å². The Morgan fingerprint density at radius 3 is 2.50 bits per heavy atom. The van der Waals surface area contributed by atoms with Gasteiger partial charge in [-0.15, -0.1) is 0 Å². The van der Waals surface area contributed by atoms with Crippen LogP contribution in [-0.4, -0.2) is 40.0 Å². The van der Waals surface area contributed by atoms with E-state index >= 15 is 4.39 Å². The van der Waals surface area contributed by atoms with Gasteiger partial charge < -0.3 is 15.0 Å². The quantitative estimate of drug-likeness (QED) is 0.185. The van der Waals surface area contributed by atoms with Crippen molar-refractivity contribution in [3.63, 3.8) is 0 Å². The van der Waals surface area contributed by atoms with E-state index in [1.807, 2.05) is 30.3 Å². The van der Waals surface area contributed by atoms with Gasteiger partial charge in [-0.1, -0.05) is 42.5 Å². The molecular weight excluding hydrogens is 558 g/mol. The SMILES string of the molecule is Cc1cc2nc([C@@H]3CO[C@H](CCc4c(F)cncc4CC(=O)C[C@H](c4ccccc4)c4ccc(F)cc4)CN3)[nH]c2cc1C. The van der Waals surface area contributed by atoms with Gasteiger partial charge in [0.25, 0.3) is 0 Å². The largest absolute Gasteiger partial charge is 0.375 e. The number of morpholine rings is 1. The highest BCUT2D eigenvalue weighted by Gasteiger charge is 2.26. The van der Waals surface area contributed by atoms with E-state index in [9.17, 15) is 9.18 Å². The number of aryl methyl sites for hydroxylation is 2. The Labute approximate surface area is 255 Å². The summed E-state index contributed by atoms with van der Waals surface area (Å²) >= 11 is 0. The summed E-state index contributed by atoms with van der Waals surface area (Å²) in [5.41, 5.74) is 7.29. The van der Waals surface area contributed by atoms with Crippen molar-refractivity contribution in [1.29, 1.82) is 0 Å². The number of rotatable bonds is 10. The number of aromatic amines is 1. The van der Waals surface area contributed by atoms with Crippen LogP contribution in [0.25, 0.3) is 11.0 Å². The molecule has 5 aromatic rings. The Kier molecular flexibility index (Phi) is 8.91. The zero-order valence-electron chi connectivity index (χ0n) is 24.9. The van der Waals surface area contributed by atoms with Gasteiger partial charge in [-0.2, -0.15) is 0 Å². The molecule has 1 saturated heterocycles. The molecule has 0 saturated carbocycles. The van der Waals surface area contributed by atoms with Crippen molar-refractivity contribution in [2.75, 3.05) is 13.2 Å². The standard InChI is InChI=1S/C36H36F2N4O2/c1-22-14-33-34(15-23(22)2)42-36(41-33)35-21-44-29(19-40-35)12-13-30-26(18-39-20-32(30)38)16-28(43)17-31(24-6-4-3-5-7-24)25-8-10-27(37)11-9-25/h3-11,14-15,18,20,29,31,35,40H,12-13,16-17,19,21H2,1-2H3,(H,41,42)/t29-,31-,35+/m1/s1. The van der Waals surface area contributed by atoms with Crippen molar-refractivity contribution in [3.05, 3.63) is 130 Å². The van der Waals surface area contributed by atoms with Gasteiger partial charge in [0.1, 0.15) is 23.2 Å². The zero-order chi connectivity index (χ0) is 30.6. The Hall–Kier alpha value is -4.27. The van der Waals surface area contributed by atoms with Crippen LogP contribution in [0.3, 0.4) is 0 Å². The van der Waals surface area contributed by atoms with E-state index in [-0.39, 0.29) is 42.5 Å². The molecule has 1 aliphatic rings. The maximum absolute atomic E-state index is 15.0. The number of hydrogen-bond donors (Lipinski definition) is 2. The first kappa shape index (κ1) is 29.8. The average molecular weight is 595 g/mol. The molecule has 3 atom stereocenters. The first-order valence-electron chi connectivity index (χ1n) is 15.1. The smallest absolute Gasteiger partial charge is 0.144 e. The summed E-state index contributed by atoms with van der Waals surface area (Å²) in [5.74, 6) is -0.160. The predicted octanol–water partition coefficient (Wildman–Crippen LogP) is 6.85. The van der Waals surface area contributed by atoms with E-state index in [2.05, 4.69) is 41.3 Å². The topological polar surface area (TPSA) is 79.9 Å². The molecule has 0 spiro atoms. The molecule has 226 valence electrons. The summed E-state index contributed by atoms with van der Waals surface area (Å²) < 4.78 is 34.9. The lowest BCUT2D eigenvalue weighted by Crippen LogP contribution is -2.41.